The molecule has 5 rings (SSSR count). The minimum atomic E-state index is -4.94. The average molecular weight is 482 g/mol. The SMILES string of the molecule is CC[n+]1ccc(/C(O)=C2/c3ccccc3Cn3c2nc(=O)c2ccccc23)cc1.[O-][Cl+3]([O-])([O-])[O-]. The number of rotatable bonds is 2. The molecule has 34 heavy (non-hydrogen) atoms. The molecular formula is C24H20ClN3O6. The summed E-state index contributed by atoms with van der Waals surface area (Å²) in [6.45, 7) is 3.51. The Bertz CT molecular complexity index is 1440. The molecule has 0 atom stereocenters. The Morgan fingerprint density at radius 2 is 1.65 bits per heavy atom. The summed E-state index contributed by atoms with van der Waals surface area (Å²) >= 11 is 0. The van der Waals surface area contributed by atoms with Gasteiger partial charge in [0.25, 0.3) is 5.56 Å². The zero-order chi connectivity index (χ0) is 24.5. The lowest BCUT2D eigenvalue weighted by atomic mass is 9.92. The molecule has 0 bridgehead atoms. The Labute approximate surface area is 196 Å². The first-order valence-corrected chi connectivity index (χ1v) is 11.5. The number of aliphatic hydroxyl groups is 1. The summed E-state index contributed by atoms with van der Waals surface area (Å²) in [5.74, 6) is 0.619. The molecule has 3 heterocycles. The lowest BCUT2D eigenvalue weighted by molar-refractivity contribution is -2.00. The predicted molar refractivity (Wildman–Crippen MR) is 112 cm³/mol. The van der Waals surface area contributed by atoms with Gasteiger partial charge in [-0.2, -0.15) is 4.98 Å². The van der Waals surface area contributed by atoms with Crippen LogP contribution >= 0.6 is 0 Å². The molecular weight excluding hydrogens is 462 g/mol. The number of aryl methyl sites for hydroxylation is 1. The zero-order valence-corrected chi connectivity index (χ0v) is 18.8. The van der Waals surface area contributed by atoms with Crippen LogP contribution in [0.15, 0.2) is 77.9 Å². The fourth-order valence-corrected chi connectivity index (χ4v) is 3.97. The first-order chi connectivity index (χ1) is 16.2. The highest BCUT2D eigenvalue weighted by molar-refractivity contribution is 5.96. The van der Waals surface area contributed by atoms with Gasteiger partial charge in [0, 0.05) is 17.7 Å². The average Bonchev–Trinajstić information content (AvgIpc) is 2.82. The van der Waals surface area contributed by atoms with Crippen molar-refractivity contribution in [2.24, 2.45) is 0 Å². The van der Waals surface area contributed by atoms with E-state index in [2.05, 4.69) is 18.0 Å². The van der Waals surface area contributed by atoms with Crippen LogP contribution in [0.4, 0.5) is 0 Å². The number of pyridine rings is 1. The number of para-hydroxylation sites is 1. The van der Waals surface area contributed by atoms with Crippen LogP contribution in [0.3, 0.4) is 0 Å². The number of nitrogens with zero attached hydrogens (tertiary/aromatic N) is 3. The molecule has 0 fully saturated rings. The molecule has 1 aliphatic heterocycles. The third-order valence-electron chi connectivity index (χ3n) is 5.49. The minimum Gasteiger partial charge on any atom is -0.507 e. The van der Waals surface area contributed by atoms with Gasteiger partial charge in [0.05, 0.1) is 23.0 Å². The van der Waals surface area contributed by atoms with Crippen molar-refractivity contribution in [3.8, 4) is 0 Å². The lowest BCUT2D eigenvalue weighted by Gasteiger charge is -2.26. The van der Waals surface area contributed by atoms with Crippen LogP contribution in [0.1, 0.15) is 29.4 Å². The molecule has 2 aromatic carbocycles. The van der Waals surface area contributed by atoms with Gasteiger partial charge in [0.1, 0.15) is 18.1 Å². The number of fused-ring (bicyclic) bond motifs is 4. The van der Waals surface area contributed by atoms with E-state index < -0.39 is 10.2 Å². The molecule has 2 aromatic heterocycles. The third kappa shape index (κ3) is 4.84. The second-order valence-corrected chi connectivity index (χ2v) is 8.28. The summed E-state index contributed by atoms with van der Waals surface area (Å²) in [5, 5.41) is 11.9. The van der Waals surface area contributed by atoms with Crippen molar-refractivity contribution in [3.05, 3.63) is 106 Å². The largest absolute Gasteiger partial charge is 0.507 e. The fraction of sp³-hybridized carbons (Fsp3) is 0.125. The molecule has 1 N–H and O–H groups in total. The highest BCUT2D eigenvalue weighted by Gasteiger charge is 2.27. The molecule has 0 saturated heterocycles. The zero-order valence-electron chi connectivity index (χ0n) is 18.1. The van der Waals surface area contributed by atoms with Crippen LogP contribution in [0.25, 0.3) is 22.2 Å². The first kappa shape index (κ1) is 23.6. The molecule has 1 aliphatic rings. The van der Waals surface area contributed by atoms with Gasteiger partial charge in [-0.05, 0) is 30.2 Å². The van der Waals surface area contributed by atoms with Gasteiger partial charge < -0.3 is 9.67 Å². The van der Waals surface area contributed by atoms with E-state index in [0.29, 0.717) is 28.9 Å². The van der Waals surface area contributed by atoms with Gasteiger partial charge in [-0.25, -0.2) is 23.2 Å². The van der Waals surface area contributed by atoms with Crippen molar-refractivity contribution in [2.45, 2.75) is 20.0 Å². The summed E-state index contributed by atoms with van der Waals surface area (Å²) in [7, 11) is -4.94. The van der Waals surface area contributed by atoms with E-state index in [4.69, 9.17) is 18.6 Å². The number of aromatic nitrogens is 3. The highest BCUT2D eigenvalue weighted by Crippen LogP contribution is 2.36. The summed E-state index contributed by atoms with van der Waals surface area (Å²) in [4.78, 5) is 17.1. The molecule has 4 aromatic rings. The smallest absolute Gasteiger partial charge is 0.281 e. The number of aliphatic hydroxyl groups excluding tert-OH is 1. The van der Waals surface area contributed by atoms with Crippen LogP contribution in [0.5, 0.6) is 0 Å². The Kier molecular flexibility index (Phi) is 6.47. The standard InChI is InChI=1S/C24H19N3O2.ClHO4/c1-2-26-13-11-16(12-14-26)22(28)21-18-8-4-3-7-17(18)15-27-20-10-6-5-9-19(20)24(29)25-23(21)27;2-1(3,4)5/h3-14H,2,15H2,1H3;(H,2,3,4,5). The van der Waals surface area contributed by atoms with Crippen molar-refractivity contribution in [1.82, 2.24) is 9.55 Å². The van der Waals surface area contributed by atoms with Crippen LogP contribution in [-0.4, -0.2) is 14.7 Å². The molecule has 0 amide bonds. The van der Waals surface area contributed by atoms with Crippen LogP contribution < -0.4 is 28.8 Å². The fourth-order valence-electron chi connectivity index (χ4n) is 3.97. The van der Waals surface area contributed by atoms with Crippen molar-refractivity contribution in [3.63, 3.8) is 0 Å². The Balaban J connectivity index is 0.000000499. The van der Waals surface area contributed by atoms with Crippen LogP contribution in [0, 0.1) is 10.2 Å². The summed E-state index contributed by atoms with van der Waals surface area (Å²) in [6, 6.07) is 19.2. The van der Waals surface area contributed by atoms with Gasteiger partial charge in [-0.1, -0.05) is 36.4 Å². The van der Waals surface area contributed by atoms with Gasteiger partial charge in [-0.3, -0.25) is 4.79 Å². The normalized spacial score (nSPS) is 14.0. The second-order valence-electron chi connectivity index (χ2n) is 7.52. The van der Waals surface area contributed by atoms with Crippen molar-refractivity contribution in [1.29, 1.82) is 0 Å². The van der Waals surface area contributed by atoms with Crippen LogP contribution in [-0.2, 0) is 13.1 Å². The van der Waals surface area contributed by atoms with E-state index in [1.54, 1.807) is 6.07 Å². The Hall–Kier alpha value is -3.60. The molecule has 0 unspecified atom stereocenters. The van der Waals surface area contributed by atoms with E-state index >= 15 is 0 Å². The van der Waals surface area contributed by atoms with Gasteiger partial charge in [0.2, 0.25) is 0 Å². The topological polar surface area (TPSA) is 151 Å². The summed E-state index contributed by atoms with van der Waals surface area (Å²) in [6.07, 6.45) is 3.86. The van der Waals surface area contributed by atoms with Crippen molar-refractivity contribution in [2.75, 3.05) is 0 Å². The Morgan fingerprint density at radius 3 is 2.32 bits per heavy atom. The molecule has 0 aliphatic carbocycles. The van der Waals surface area contributed by atoms with E-state index in [0.717, 1.165) is 23.2 Å². The highest BCUT2D eigenvalue weighted by atomic mass is 35.7. The van der Waals surface area contributed by atoms with Crippen LogP contribution in [0.2, 0.25) is 0 Å². The molecule has 0 radical (unpaired) electrons. The maximum absolute atomic E-state index is 12.7. The molecule has 9 nitrogen and oxygen atoms in total. The molecule has 174 valence electrons. The maximum atomic E-state index is 12.7. The van der Waals surface area contributed by atoms with Gasteiger partial charge in [-0.15, -0.1) is 10.2 Å². The maximum Gasteiger partial charge on any atom is 0.281 e. The number of benzene rings is 2. The molecule has 10 heteroatoms. The second kappa shape index (κ2) is 9.34. The molecule has 0 spiro atoms. The van der Waals surface area contributed by atoms with Crippen molar-refractivity contribution < 1.29 is 38.6 Å². The number of hydrogen-bond acceptors (Lipinski definition) is 7. The molecule has 0 saturated carbocycles. The van der Waals surface area contributed by atoms with E-state index in [9.17, 15) is 9.90 Å². The van der Waals surface area contributed by atoms with Gasteiger partial charge >= 0.3 is 0 Å². The number of halogens is 1. The van der Waals surface area contributed by atoms with Gasteiger partial charge in [0.15, 0.2) is 12.4 Å². The van der Waals surface area contributed by atoms with E-state index in [1.165, 1.54) is 0 Å². The third-order valence-corrected chi connectivity index (χ3v) is 5.49. The Morgan fingerprint density at radius 1 is 1.03 bits per heavy atom. The summed E-state index contributed by atoms with van der Waals surface area (Å²) in [5.41, 5.74) is 3.79. The van der Waals surface area contributed by atoms with Crippen molar-refractivity contribution >= 4 is 22.2 Å². The number of hydrogen-bond donors (Lipinski definition) is 1. The summed E-state index contributed by atoms with van der Waals surface area (Å²) < 4.78 is 38.0. The monoisotopic (exact) mass is 481 g/mol. The minimum absolute atomic E-state index is 0.122. The van der Waals surface area contributed by atoms with E-state index in [1.807, 2.05) is 70.1 Å². The quantitative estimate of drug-likeness (QED) is 0.245. The lowest BCUT2D eigenvalue weighted by Crippen LogP contribution is -2.68. The van der Waals surface area contributed by atoms with E-state index in [-0.39, 0.29) is 11.3 Å². The first-order valence-electron chi connectivity index (χ1n) is 10.3. The predicted octanol–water partition coefficient (Wildman–Crippen LogP) is -1.22.